The third kappa shape index (κ3) is 7.60. The summed E-state index contributed by atoms with van der Waals surface area (Å²) in [5.41, 5.74) is 22.3. The first-order chi connectivity index (χ1) is 35.7. The summed E-state index contributed by atoms with van der Waals surface area (Å²) in [6.45, 7) is 0. The molecule has 0 unspecified atom stereocenters. The Labute approximate surface area is 422 Å². The van der Waals surface area contributed by atoms with Crippen molar-refractivity contribution < 1.29 is 0 Å². The highest BCUT2D eigenvalue weighted by molar-refractivity contribution is 5.91. The normalized spacial score (nSPS) is 12.3. The van der Waals surface area contributed by atoms with Crippen LogP contribution in [0.1, 0.15) is 22.3 Å². The largest absolute Gasteiger partial charge is 0.310 e. The second kappa shape index (κ2) is 18.2. The molecule has 1 heteroatoms. The van der Waals surface area contributed by atoms with Gasteiger partial charge in [-0.1, -0.05) is 249 Å². The van der Waals surface area contributed by atoms with Gasteiger partial charge in [0.1, 0.15) is 0 Å². The highest BCUT2D eigenvalue weighted by Gasteiger charge is 2.46. The minimum absolute atomic E-state index is 0.514. The van der Waals surface area contributed by atoms with E-state index < -0.39 is 5.41 Å². The maximum atomic E-state index is 2.45. The molecule has 12 aromatic rings. The predicted molar refractivity (Wildman–Crippen MR) is 303 cm³/mol. The molecule has 0 saturated carbocycles. The van der Waals surface area contributed by atoms with Crippen LogP contribution in [-0.4, -0.2) is 0 Å². The van der Waals surface area contributed by atoms with Crippen molar-refractivity contribution in [2.75, 3.05) is 4.90 Å². The van der Waals surface area contributed by atoms with Gasteiger partial charge in [0.2, 0.25) is 0 Å². The number of hydrogen-bond acceptors (Lipinski definition) is 1. The Morgan fingerprint density at radius 3 is 1.15 bits per heavy atom. The fourth-order valence-electron chi connectivity index (χ4n) is 11.2. The van der Waals surface area contributed by atoms with E-state index in [1.54, 1.807) is 0 Å². The van der Waals surface area contributed by atoms with Crippen LogP contribution in [0.25, 0.3) is 77.5 Å². The monoisotopic (exact) mass is 915 g/mol. The Balaban J connectivity index is 0.879. The van der Waals surface area contributed by atoms with E-state index in [-0.39, 0.29) is 0 Å². The lowest BCUT2D eigenvalue weighted by atomic mass is 9.67. The van der Waals surface area contributed by atoms with Crippen LogP contribution in [0.4, 0.5) is 17.1 Å². The van der Waals surface area contributed by atoms with Crippen LogP contribution in [0.2, 0.25) is 0 Å². The topological polar surface area (TPSA) is 3.24 Å². The van der Waals surface area contributed by atoms with E-state index >= 15 is 0 Å². The number of rotatable bonds is 10. The van der Waals surface area contributed by atoms with Crippen LogP contribution in [0.5, 0.6) is 0 Å². The van der Waals surface area contributed by atoms with Gasteiger partial charge in [0, 0.05) is 17.1 Å². The van der Waals surface area contributed by atoms with Gasteiger partial charge in [0.15, 0.2) is 0 Å². The Bertz CT molecular complexity index is 3820. The van der Waals surface area contributed by atoms with Crippen LogP contribution in [-0.2, 0) is 5.41 Å². The van der Waals surface area contributed by atoms with Crippen molar-refractivity contribution in [3.63, 3.8) is 0 Å². The molecule has 0 radical (unpaired) electrons. The van der Waals surface area contributed by atoms with E-state index in [2.05, 4.69) is 302 Å². The van der Waals surface area contributed by atoms with Gasteiger partial charge in [0.05, 0.1) is 5.41 Å². The summed E-state index contributed by atoms with van der Waals surface area (Å²) >= 11 is 0. The smallest absolute Gasteiger partial charge is 0.0714 e. The summed E-state index contributed by atoms with van der Waals surface area (Å²) in [5, 5.41) is 2.51. The highest BCUT2D eigenvalue weighted by atomic mass is 15.1. The van der Waals surface area contributed by atoms with E-state index in [9.17, 15) is 0 Å². The van der Waals surface area contributed by atoms with Gasteiger partial charge < -0.3 is 4.90 Å². The third-order valence-electron chi connectivity index (χ3n) is 14.8. The van der Waals surface area contributed by atoms with E-state index in [0.717, 1.165) is 17.1 Å². The Kier molecular flexibility index (Phi) is 10.8. The summed E-state index contributed by atoms with van der Waals surface area (Å²) < 4.78 is 0. The molecule has 338 valence electrons. The molecular weight excluding hydrogens is 867 g/mol. The SMILES string of the molecule is c1ccc(-c2ccc(-c3ccc(N(c4ccc(-c5ccc(-c6cccc(-c7ccc8ccccc8c7)c6)cc5)cc4)c4ccc5c(c4)C(c4ccccc4)(c4ccccc4)c4ccccc4-5)cc3)cc2)cc1. The molecule has 72 heavy (non-hydrogen) atoms. The third-order valence-corrected chi connectivity index (χ3v) is 14.8. The maximum absolute atomic E-state index is 2.45. The van der Waals surface area contributed by atoms with E-state index in [1.807, 2.05) is 0 Å². The second-order valence-electron chi connectivity index (χ2n) is 18.9. The molecule has 0 amide bonds. The highest BCUT2D eigenvalue weighted by Crippen LogP contribution is 2.57. The zero-order valence-corrected chi connectivity index (χ0v) is 39.7. The fraction of sp³-hybridized carbons (Fsp3) is 0.0141. The first kappa shape index (κ1) is 42.8. The fourth-order valence-corrected chi connectivity index (χ4v) is 11.2. The van der Waals surface area contributed by atoms with Gasteiger partial charge in [0.25, 0.3) is 0 Å². The molecule has 0 spiro atoms. The molecule has 0 aliphatic heterocycles. The van der Waals surface area contributed by atoms with Crippen LogP contribution in [0.3, 0.4) is 0 Å². The zero-order chi connectivity index (χ0) is 47.8. The van der Waals surface area contributed by atoms with Crippen molar-refractivity contribution in [3.8, 4) is 66.8 Å². The average Bonchev–Trinajstić information content (AvgIpc) is 3.77. The van der Waals surface area contributed by atoms with Crippen molar-refractivity contribution in [2.45, 2.75) is 5.41 Å². The Hall–Kier alpha value is -9.30. The van der Waals surface area contributed by atoms with Gasteiger partial charge >= 0.3 is 0 Å². The molecule has 12 aromatic carbocycles. The van der Waals surface area contributed by atoms with Crippen LogP contribution < -0.4 is 4.90 Å². The molecular formula is C71H49N. The Morgan fingerprint density at radius 1 is 0.208 bits per heavy atom. The molecule has 0 aromatic heterocycles. The van der Waals surface area contributed by atoms with Gasteiger partial charge in [-0.3, -0.25) is 0 Å². The zero-order valence-electron chi connectivity index (χ0n) is 39.7. The summed E-state index contributed by atoms with van der Waals surface area (Å²) in [4.78, 5) is 2.42. The number of benzene rings is 12. The lowest BCUT2D eigenvalue weighted by Crippen LogP contribution is -2.28. The minimum Gasteiger partial charge on any atom is -0.310 e. The summed E-state index contributed by atoms with van der Waals surface area (Å²) in [5.74, 6) is 0. The number of fused-ring (bicyclic) bond motifs is 4. The van der Waals surface area contributed by atoms with Gasteiger partial charge in [-0.05, 0) is 148 Å². The predicted octanol–water partition coefficient (Wildman–Crippen LogP) is 19.0. The molecule has 1 nitrogen and oxygen atoms in total. The van der Waals surface area contributed by atoms with Crippen LogP contribution >= 0.6 is 0 Å². The molecule has 1 aliphatic carbocycles. The molecule has 0 heterocycles. The van der Waals surface area contributed by atoms with Crippen molar-refractivity contribution >= 4 is 27.8 Å². The number of hydrogen-bond donors (Lipinski definition) is 0. The minimum atomic E-state index is -0.514. The van der Waals surface area contributed by atoms with E-state index in [0.29, 0.717) is 0 Å². The summed E-state index contributed by atoms with van der Waals surface area (Å²) in [7, 11) is 0. The Morgan fingerprint density at radius 2 is 0.583 bits per heavy atom. The lowest BCUT2D eigenvalue weighted by Gasteiger charge is -2.35. The standard InChI is InChI=1S/C71H49N/c1-4-15-50(16-5-1)52-27-29-53(30-28-52)55-37-41-64(42-38-55)72(66-45-46-68-67-25-12-13-26-69(67)71(70(68)49-66,62-21-6-2-7-22-62)63-23-8-3-9-24-63)65-43-39-56(40-44-65)54-31-33-57(34-32-54)59-19-14-20-60(47-59)61-36-35-51-17-10-11-18-58(51)48-61/h1-49H. The molecule has 0 saturated heterocycles. The molecule has 0 atom stereocenters. The van der Waals surface area contributed by atoms with Crippen molar-refractivity contribution in [3.05, 3.63) is 320 Å². The van der Waals surface area contributed by atoms with Gasteiger partial charge in [-0.2, -0.15) is 0 Å². The van der Waals surface area contributed by atoms with Crippen molar-refractivity contribution in [1.29, 1.82) is 0 Å². The lowest BCUT2D eigenvalue weighted by molar-refractivity contribution is 0.768. The van der Waals surface area contributed by atoms with Crippen molar-refractivity contribution in [1.82, 2.24) is 0 Å². The first-order valence-electron chi connectivity index (χ1n) is 24.9. The van der Waals surface area contributed by atoms with E-state index in [1.165, 1.54) is 99.8 Å². The maximum Gasteiger partial charge on any atom is 0.0714 e. The molecule has 0 bridgehead atoms. The molecule has 1 aliphatic rings. The van der Waals surface area contributed by atoms with E-state index in [4.69, 9.17) is 0 Å². The number of nitrogens with zero attached hydrogens (tertiary/aromatic N) is 1. The summed E-state index contributed by atoms with van der Waals surface area (Å²) in [6.07, 6.45) is 0. The van der Waals surface area contributed by atoms with Crippen LogP contribution in [0.15, 0.2) is 297 Å². The van der Waals surface area contributed by atoms with Crippen LogP contribution in [0, 0.1) is 0 Å². The first-order valence-corrected chi connectivity index (χ1v) is 24.9. The van der Waals surface area contributed by atoms with Crippen molar-refractivity contribution in [2.24, 2.45) is 0 Å². The summed E-state index contributed by atoms with van der Waals surface area (Å²) in [6, 6.07) is 109. The molecule has 13 rings (SSSR count). The average molecular weight is 916 g/mol. The molecule has 0 fully saturated rings. The quantitative estimate of drug-likeness (QED) is 0.132. The molecule has 0 N–H and O–H groups in total. The second-order valence-corrected chi connectivity index (χ2v) is 18.9. The van der Waals surface area contributed by atoms with Gasteiger partial charge in [-0.25, -0.2) is 0 Å². The van der Waals surface area contributed by atoms with Gasteiger partial charge in [-0.15, -0.1) is 0 Å². The number of anilines is 3.